The Bertz CT molecular complexity index is 837. The van der Waals surface area contributed by atoms with Crippen molar-refractivity contribution in [1.82, 2.24) is 21.3 Å². The molecule has 1 rings (SSSR count). The zero-order valence-electron chi connectivity index (χ0n) is 20.4. The first kappa shape index (κ1) is 30.0. The molecule has 10 nitrogen and oxygen atoms in total. The highest BCUT2D eigenvalue weighted by molar-refractivity contribution is 7.98. The molecule has 0 aliphatic rings. The van der Waals surface area contributed by atoms with Gasteiger partial charge in [-0.15, -0.1) is 0 Å². The summed E-state index contributed by atoms with van der Waals surface area (Å²) < 4.78 is 0. The van der Waals surface area contributed by atoms with Crippen molar-refractivity contribution >= 4 is 41.9 Å². The Morgan fingerprint density at radius 3 is 2.17 bits per heavy atom. The monoisotopic (exact) mass is 508 g/mol. The first-order valence-electron chi connectivity index (χ1n) is 11.5. The van der Waals surface area contributed by atoms with Gasteiger partial charge in [0.25, 0.3) is 0 Å². The SMILES string of the molecule is CSCC[C@H](NC=O)C(=O)N[C@@H](CC(C)C)C(=O)N[C@@H](Cc1ccccc1)C(=O)NCCC(=O)O. The fourth-order valence-electron chi connectivity index (χ4n) is 3.33. The highest BCUT2D eigenvalue weighted by atomic mass is 32.2. The van der Waals surface area contributed by atoms with Crippen molar-refractivity contribution in [2.24, 2.45) is 5.92 Å². The Morgan fingerprint density at radius 2 is 1.60 bits per heavy atom. The molecule has 0 radical (unpaired) electrons. The fraction of sp³-hybridized carbons (Fsp3) is 0.542. The van der Waals surface area contributed by atoms with Crippen LogP contribution in [-0.4, -0.2) is 71.9 Å². The Balaban J connectivity index is 3.00. The molecule has 194 valence electrons. The molecule has 35 heavy (non-hydrogen) atoms. The summed E-state index contributed by atoms with van der Waals surface area (Å²) in [6.07, 6.45) is 3.03. The van der Waals surface area contributed by atoms with Crippen LogP contribution >= 0.6 is 11.8 Å². The van der Waals surface area contributed by atoms with Crippen LogP contribution in [-0.2, 0) is 30.4 Å². The van der Waals surface area contributed by atoms with Crippen LogP contribution in [0.3, 0.4) is 0 Å². The average Bonchev–Trinajstić information content (AvgIpc) is 2.80. The van der Waals surface area contributed by atoms with Crippen molar-refractivity contribution in [2.75, 3.05) is 18.6 Å². The third kappa shape index (κ3) is 12.3. The van der Waals surface area contributed by atoms with E-state index in [0.29, 0.717) is 25.0 Å². The molecule has 0 saturated heterocycles. The van der Waals surface area contributed by atoms with Crippen molar-refractivity contribution < 1.29 is 29.1 Å². The predicted molar refractivity (Wildman–Crippen MR) is 135 cm³/mol. The van der Waals surface area contributed by atoms with E-state index in [2.05, 4.69) is 21.3 Å². The highest BCUT2D eigenvalue weighted by Gasteiger charge is 2.29. The van der Waals surface area contributed by atoms with Gasteiger partial charge in [0.2, 0.25) is 24.1 Å². The van der Waals surface area contributed by atoms with E-state index in [1.807, 2.05) is 50.4 Å². The summed E-state index contributed by atoms with van der Waals surface area (Å²) in [5, 5.41) is 19.3. The third-order valence-electron chi connectivity index (χ3n) is 5.09. The number of carboxylic acids is 1. The van der Waals surface area contributed by atoms with E-state index in [9.17, 15) is 24.0 Å². The van der Waals surface area contributed by atoms with E-state index < -0.39 is 41.8 Å². The molecule has 3 atom stereocenters. The molecular formula is C24H36N4O6S. The van der Waals surface area contributed by atoms with Crippen LogP contribution in [0.25, 0.3) is 0 Å². The van der Waals surface area contributed by atoms with Crippen molar-refractivity contribution in [1.29, 1.82) is 0 Å². The van der Waals surface area contributed by atoms with Gasteiger partial charge in [-0.25, -0.2) is 0 Å². The standard InChI is InChI=1S/C24H36N4O6S/c1-16(2)13-19(27-23(33)18(26-15-29)10-12-35-3)24(34)28-20(14-17-7-5-4-6-8-17)22(32)25-11-9-21(30)31/h4-8,15-16,18-20H,9-14H2,1-3H3,(H,25,32)(H,26,29)(H,27,33)(H,28,34)(H,30,31)/t18-,19-,20-/m0/s1. The smallest absolute Gasteiger partial charge is 0.305 e. The Kier molecular flexibility index (Phi) is 14.1. The number of rotatable bonds is 17. The van der Waals surface area contributed by atoms with E-state index in [4.69, 9.17) is 5.11 Å². The molecule has 1 aromatic carbocycles. The molecule has 1 aromatic rings. The number of thioether (sulfide) groups is 1. The number of hydrogen-bond donors (Lipinski definition) is 5. The average molecular weight is 509 g/mol. The second-order valence-corrected chi connectivity index (χ2v) is 9.48. The number of nitrogens with one attached hydrogen (secondary N) is 4. The van der Waals surface area contributed by atoms with Gasteiger partial charge in [0.15, 0.2) is 0 Å². The summed E-state index contributed by atoms with van der Waals surface area (Å²) in [5.74, 6) is -1.86. The van der Waals surface area contributed by atoms with Gasteiger partial charge < -0.3 is 26.4 Å². The summed E-state index contributed by atoms with van der Waals surface area (Å²) in [7, 11) is 0. The molecule has 0 aliphatic carbocycles. The lowest BCUT2D eigenvalue weighted by Crippen LogP contribution is -2.57. The molecular weight excluding hydrogens is 472 g/mol. The lowest BCUT2D eigenvalue weighted by molar-refractivity contribution is -0.137. The summed E-state index contributed by atoms with van der Waals surface area (Å²) in [6, 6.07) is 6.43. The molecule has 11 heteroatoms. The first-order valence-corrected chi connectivity index (χ1v) is 12.9. The van der Waals surface area contributed by atoms with Crippen LogP contribution in [0.4, 0.5) is 0 Å². The molecule has 4 amide bonds. The van der Waals surface area contributed by atoms with Gasteiger partial charge in [0, 0.05) is 13.0 Å². The maximum Gasteiger partial charge on any atom is 0.305 e. The van der Waals surface area contributed by atoms with E-state index in [-0.39, 0.29) is 25.3 Å². The highest BCUT2D eigenvalue weighted by Crippen LogP contribution is 2.09. The van der Waals surface area contributed by atoms with E-state index >= 15 is 0 Å². The van der Waals surface area contributed by atoms with Gasteiger partial charge in [-0.2, -0.15) is 11.8 Å². The number of carbonyl (C=O) groups is 5. The molecule has 0 aromatic heterocycles. The van der Waals surface area contributed by atoms with Crippen LogP contribution in [0.2, 0.25) is 0 Å². The minimum Gasteiger partial charge on any atom is -0.481 e. The largest absolute Gasteiger partial charge is 0.481 e. The number of aliphatic carboxylic acids is 1. The van der Waals surface area contributed by atoms with Gasteiger partial charge >= 0.3 is 5.97 Å². The fourth-order valence-corrected chi connectivity index (χ4v) is 3.80. The summed E-state index contributed by atoms with van der Waals surface area (Å²) in [5.41, 5.74) is 0.808. The third-order valence-corrected chi connectivity index (χ3v) is 5.73. The Hall–Kier alpha value is -3.08. The second kappa shape index (κ2) is 16.5. The number of hydrogen-bond acceptors (Lipinski definition) is 6. The van der Waals surface area contributed by atoms with Gasteiger partial charge in [0.05, 0.1) is 6.42 Å². The lowest BCUT2D eigenvalue weighted by atomic mass is 10.0. The molecule has 0 heterocycles. The van der Waals surface area contributed by atoms with E-state index in [1.54, 1.807) is 0 Å². The lowest BCUT2D eigenvalue weighted by Gasteiger charge is -2.26. The molecule has 0 saturated carbocycles. The van der Waals surface area contributed by atoms with Gasteiger partial charge in [-0.05, 0) is 36.3 Å². The Labute approximate surface area is 210 Å². The second-order valence-electron chi connectivity index (χ2n) is 8.49. The maximum atomic E-state index is 13.2. The number of carbonyl (C=O) groups excluding carboxylic acids is 4. The number of carboxylic acid groups (broad SMARTS) is 1. The minimum absolute atomic E-state index is 0.0618. The summed E-state index contributed by atoms with van der Waals surface area (Å²) in [4.78, 5) is 60.5. The molecule has 0 spiro atoms. The molecule has 0 fully saturated rings. The number of amides is 4. The quantitative estimate of drug-likeness (QED) is 0.194. The molecule has 0 unspecified atom stereocenters. The van der Waals surface area contributed by atoms with Crippen LogP contribution in [0.15, 0.2) is 30.3 Å². The van der Waals surface area contributed by atoms with Gasteiger partial charge in [-0.3, -0.25) is 24.0 Å². The number of benzene rings is 1. The topological polar surface area (TPSA) is 154 Å². The zero-order valence-corrected chi connectivity index (χ0v) is 21.2. The summed E-state index contributed by atoms with van der Waals surface area (Å²) >= 11 is 1.53. The van der Waals surface area contributed by atoms with Crippen molar-refractivity contribution in [2.45, 2.75) is 57.7 Å². The van der Waals surface area contributed by atoms with Gasteiger partial charge in [0.1, 0.15) is 18.1 Å². The predicted octanol–water partition coefficient (Wildman–Crippen LogP) is 0.703. The Morgan fingerprint density at radius 1 is 0.971 bits per heavy atom. The van der Waals surface area contributed by atoms with E-state index in [0.717, 1.165) is 5.56 Å². The molecule has 0 bridgehead atoms. The van der Waals surface area contributed by atoms with Crippen LogP contribution < -0.4 is 21.3 Å². The van der Waals surface area contributed by atoms with Crippen molar-refractivity contribution in [3.05, 3.63) is 35.9 Å². The van der Waals surface area contributed by atoms with Crippen LogP contribution in [0, 0.1) is 5.92 Å². The van der Waals surface area contributed by atoms with E-state index in [1.165, 1.54) is 11.8 Å². The van der Waals surface area contributed by atoms with Gasteiger partial charge in [-0.1, -0.05) is 44.2 Å². The first-order chi connectivity index (χ1) is 16.7. The summed E-state index contributed by atoms with van der Waals surface area (Å²) in [6.45, 7) is 3.73. The zero-order chi connectivity index (χ0) is 26.2. The maximum absolute atomic E-state index is 13.2. The molecule has 5 N–H and O–H groups in total. The van der Waals surface area contributed by atoms with Crippen LogP contribution in [0.5, 0.6) is 0 Å². The van der Waals surface area contributed by atoms with Crippen LogP contribution in [0.1, 0.15) is 38.7 Å². The normalized spacial score (nSPS) is 13.3. The van der Waals surface area contributed by atoms with Crippen molar-refractivity contribution in [3.63, 3.8) is 0 Å². The van der Waals surface area contributed by atoms with Crippen molar-refractivity contribution in [3.8, 4) is 0 Å². The molecule has 0 aliphatic heterocycles. The minimum atomic E-state index is -1.05.